The Bertz CT molecular complexity index is 1590. The molecule has 1 amide bonds. The van der Waals surface area contributed by atoms with Crippen molar-refractivity contribution in [1.82, 2.24) is 5.32 Å². The van der Waals surface area contributed by atoms with Gasteiger partial charge in [-0.15, -0.1) is 0 Å². The molecule has 9 N–H and O–H groups in total. The third-order valence-electron chi connectivity index (χ3n) is 16.0. The molecule has 0 bridgehead atoms. The Morgan fingerprint density at radius 1 is 0.457 bits per heavy atom. The predicted octanol–water partition coefficient (Wildman–Crippen LogP) is 12.5. The minimum absolute atomic E-state index is 0.206. The molecular formula is C67H121NO13. The van der Waals surface area contributed by atoms with Gasteiger partial charge < -0.3 is 65.1 Å². The van der Waals surface area contributed by atoms with E-state index in [9.17, 15) is 45.6 Å². The van der Waals surface area contributed by atoms with Crippen LogP contribution >= 0.6 is 0 Å². The lowest BCUT2D eigenvalue weighted by atomic mass is 9.97. The van der Waals surface area contributed by atoms with Gasteiger partial charge >= 0.3 is 0 Å². The lowest BCUT2D eigenvalue weighted by molar-refractivity contribution is -0.359. The molecule has 14 heteroatoms. The molecule has 0 aromatic heterocycles. The molecule has 0 aromatic rings. The summed E-state index contributed by atoms with van der Waals surface area (Å²) in [4.78, 5) is 13.3. The van der Waals surface area contributed by atoms with Crippen molar-refractivity contribution in [2.75, 3.05) is 19.8 Å². The number of hydrogen-bond donors (Lipinski definition) is 9. The number of unbranched alkanes of at least 4 members (excludes halogenated alkanes) is 30. The summed E-state index contributed by atoms with van der Waals surface area (Å²) in [6.07, 6.45) is 50.8. The highest BCUT2D eigenvalue weighted by Gasteiger charge is 2.51. The monoisotopic (exact) mass is 1150 g/mol. The van der Waals surface area contributed by atoms with Gasteiger partial charge in [-0.3, -0.25) is 4.79 Å². The van der Waals surface area contributed by atoms with Crippen LogP contribution in [0.2, 0.25) is 0 Å². The van der Waals surface area contributed by atoms with Gasteiger partial charge in [-0.1, -0.05) is 261 Å². The molecule has 2 fully saturated rings. The highest BCUT2D eigenvalue weighted by molar-refractivity contribution is 5.76. The molecule has 81 heavy (non-hydrogen) atoms. The molecule has 14 nitrogen and oxygen atoms in total. The number of nitrogens with one attached hydrogen (secondary N) is 1. The highest BCUT2D eigenvalue weighted by Crippen LogP contribution is 2.30. The number of rotatable bonds is 53. The van der Waals surface area contributed by atoms with Gasteiger partial charge in [-0.25, -0.2) is 0 Å². The Morgan fingerprint density at radius 3 is 1.31 bits per heavy atom. The van der Waals surface area contributed by atoms with Gasteiger partial charge in [-0.2, -0.15) is 0 Å². The lowest BCUT2D eigenvalue weighted by Crippen LogP contribution is -2.65. The van der Waals surface area contributed by atoms with Crippen molar-refractivity contribution >= 4 is 5.91 Å². The maximum atomic E-state index is 13.3. The summed E-state index contributed by atoms with van der Waals surface area (Å²) in [5, 5.41) is 87.4. The Hall–Kier alpha value is -2.31. The number of aliphatic hydroxyl groups is 8. The summed E-state index contributed by atoms with van der Waals surface area (Å²) in [7, 11) is 0. The second-order valence-electron chi connectivity index (χ2n) is 23.2. The smallest absolute Gasteiger partial charge is 0.220 e. The van der Waals surface area contributed by atoms with Crippen LogP contribution in [0.1, 0.15) is 264 Å². The number of carbonyl (C=O) groups is 1. The standard InChI is InChI=1S/C67H121NO13/c1-3-5-7-9-11-13-15-17-19-21-22-23-24-25-26-27-28-29-30-31-32-33-34-35-37-39-41-43-45-47-49-51-59(72)68-55(56(71)50-48-46-44-42-40-38-36-20-18-16-14-12-10-8-6-4-2)54-78-66-64(77)62(75)65(58(53-70)80-66)81-67-63(76)61(74)60(73)57(52-69)79-67/h5,7,11,13,17,19,22-23,25-26,55-58,60-67,69-71,73-77H,3-4,6,8-10,12,14-16,18,20-21,24,27-54H2,1-2H3,(H,68,72)/b7-5-,13-11-,19-17-,23-22-,26-25-. The van der Waals surface area contributed by atoms with Crippen molar-refractivity contribution in [3.8, 4) is 0 Å². The molecular weight excluding hydrogens is 1030 g/mol. The molecule has 0 aliphatic carbocycles. The molecule has 2 aliphatic rings. The largest absolute Gasteiger partial charge is 0.394 e. The van der Waals surface area contributed by atoms with Crippen LogP contribution < -0.4 is 5.32 Å². The fourth-order valence-electron chi connectivity index (χ4n) is 10.7. The van der Waals surface area contributed by atoms with Gasteiger partial charge in [0.1, 0.15) is 48.8 Å². The first-order chi connectivity index (χ1) is 39.6. The number of ether oxygens (including phenoxy) is 4. The van der Waals surface area contributed by atoms with Crippen molar-refractivity contribution in [2.24, 2.45) is 0 Å². The van der Waals surface area contributed by atoms with E-state index in [1.54, 1.807) is 0 Å². The number of hydrogen-bond acceptors (Lipinski definition) is 13. The summed E-state index contributed by atoms with van der Waals surface area (Å²) in [6, 6.07) is -0.830. The average Bonchev–Trinajstić information content (AvgIpc) is 3.47. The number of amides is 1. The van der Waals surface area contributed by atoms with Crippen LogP contribution in [0.15, 0.2) is 60.8 Å². The maximum absolute atomic E-state index is 13.3. The Kier molecular flexibility index (Phi) is 48.1. The third kappa shape index (κ3) is 37.0. The molecule has 472 valence electrons. The number of carbonyl (C=O) groups excluding carboxylic acids is 1. The molecule has 2 saturated heterocycles. The highest BCUT2D eigenvalue weighted by atomic mass is 16.7. The van der Waals surface area contributed by atoms with Gasteiger partial charge in [0, 0.05) is 6.42 Å². The Labute approximate surface area is 492 Å². The van der Waals surface area contributed by atoms with Gasteiger partial charge in [0.15, 0.2) is 12.6 Å². The predicted molar refractivity (Wildman–Crippen MR) is 327 cm³/mol. The molecule has 2 rings (SSSR count). The van der Waals surface area contributed by atoms with E-state index in [4.69, 9.17) is 18.9 Å². The van der Waals surface area contributed by atoms with Crippen LogP contribution in [-0.4, -0.2) is 140 Å². The van der Waals surface area contributed by atoms with E-state index >= 15 is 0 Å². The second-order valence-corrected chi connectivity index (χ2v) is 23.2. The van der Waals surface area contributed by atoms with E-state index < -0.39 is 86.8 Å². The molecule has 12 atom stereocenters. The van der Waals surface area contributed by atoms with Gasteiger partial charge in [0.25, 0.3) is 0 Å². The first-order valence-electron chi connectivity index (χ1n) is 33.0. The first-order valence-corrected chi connectivity index (χ1v) is 33.0. The summed E-state index contributed by atoms with van der Waals surface area (Å²) in [6.45, 7) is 2.77. The SMILES string of the molecule is CC/C=C\C/C=C\C/C=C\C/C=C\C/C=C\CCCCCCCCCCCCCCCCCC(=O)NC(COC1OC(CO)C(OC2OC(CO)C(O)C(O)C2O)C(O)C1O)C(O)CCCCCCCCCCCCCCCCCC. The van der Waals surface area contributed by atoms with Crippen molar-refractivity contribution in [1.29, 1.82) is 0 Å². The van der Waals surface area contributed by atoms with E-state index in [2.05, 4.69) is 79.9 Å². The zero-order valence-electron chi connectivity index (χ0n) is 51.0. The number of aliphatic hydroxyl groups excluding tert-OH is 8. The minimum atomic E-state index is -1.78. The minimum Gasteiger partial charge on any atom is -0.394 e. The molecule has 0 saturated carbocycles. The van der Waals surface area contributed by atoms with Crippen LogP contribution in [0.25, 0.3) is 0 Å². The van der Waals surface area contributed by atoms with E-state index in [-0.39, 0.29) is 12.5 Å². The summed E-state index contributed by atoms with van der Waals surface area (Å²) in [5.74, 6) is -0.206. The zero-order chi connectivity index (χ0) is 58.8. The van der Waals surface area contributed by atoms with Crippen molar-refractivity contribution < 1.29 is 64.6 Å². The topological polar surface area (TPSA) is 228 Å². The van der Waals surface area contributed by atoms with Crippen LogP contribution in [0, 0.1) is 0 Å². The van der Waals surface area contributed by atoms with Gasteiger partial charge in [0.05, 0.1) is 32.0 Å². The van der Waals surface area contributed by atoms with E-state index in [0.717, 1.165) is 83.5 Å². The Morgan fingerprint density at radius 2 is 0.852 bits per heavy atom. The normalized spacial score (nSPS) is 24.5. The summed E-state index contributed by atoms with van der Waals surface area (Å²) >= 11 is 0. The maximum Gasteiger partial charge on any atom is 0.220 e. The molecule has 2 aliphatic heterocycles. The van der Waals surface area contributed by atoms with Crippen molar-refractivity contribution in [2.45, 2.75) is 338 Å². The third-order valence-corrected chi connectivity index (χ3v) is 16.0. The molecule has 0 spiro atoms. The quantitative estimate of drug-likeness (QED) is 0.0204. The van der Waals surface area contributed by atoms with Crippen LogP contribution in [0.5, 0.6) is 0 Å². The van der Waals surface area contributed by atoms with Crippen molar-refractivity contribution in [3.63, 3.8) is 0 Å². The lowest BCUT2D eigenvalue weighted by Gasteiger charge is -2.46. The van der Waals surface area contributed by atoms with Crippen molar-refractivity contribution in [3.05, 3.63) is 60.8 Å². The summed E-state index contributed by atoms with van der Waals surface area (Å²) < 4.78 is 22.9. The van der Waals surface area contributed by atoms with Gasteiger partial charge in [-0.05, 0) is 57.8 Å². The average molecular weight is 1150 g/mol. The second kappa shape index (κ2) is 52.1. The zero-order valence-corrected chi connectivity index (χ0v) is 51.0. The molecule has 0 aromatic carbocycles. The first kappa shape index (κ1) is 74.8. The van der Waals surface area contributed by atoms with Crippen LogP contribution in [0.4, 0.5) is 0 Å². The van der Waals surface area contributed by atoms with E-state index in [1.807, 2.05) is 0 Å². The number of allylic oxidation sites excluding steroid dienone is 10. The molecule has 12 unspecified atom stereocenters. The van der Waals surface area contributed by atoms with E-state index in [1.165, 1.54) is 154 Å². The van der Waals surface area contributed by atoms with Gasteiger partial charge in [0.2, 0.25) is 5.91 Å². The Balaban J connectivity index is 1.66. The van der Waals surface area contributed by atoms with Crippen LogP contribution in [-0.2, 0) is 23.7 Å². The van der Waals surface area contributed by atoms with Crippen LogP contribution in [0.3, 0.4) is 0 Å². The summed E-state index contributed by atoms with van der Waals surface area (Å²) in [5.41, 5.74) is 0. The fraction of sp³-hybridized carbons (Fsp3) is 0.836. The molecule has 2 heterocycles. The van der Waals surface area contributed by atoms with E-state index in [0.29, 0.717) is 12.8 Å². The molecule has 0 radical (unpaired) electrons. The fourth-order valence-corrected chi connectivity index (χ4v) is 10.7.